The van der Waals surface area contributed by atoms with E-state index in [1.165, 1.54) is 0 Å². The number of nitrogens with two attached hydrogens (primary N) is 1. The number of rotatable bonds is 1. The number of anilines is 1. The summed E-state index contributed by atoms with van der Waals surface area (Å²) in [5.74, 6) is 1.81. The first kappa shape index (κ1) is 12.3. The summed E-state index contributed by atoms with van der Waals surface area (Å²) in [6.07, 6.45) is 1.83. The topological polar surface area (TPSA) is 72.9 Å². The summed E-state index contributed by atoms with van der Waals surface area (Å²) in [6.45, 7) is 8.07. The SMILES string of the molecule is Cn1ncc2c(N3CC(N)C3)nc(C(C)(C)C)nc21. The van der Waals surface area contributed by atoms with Gasteiger partial charge in [0.1, 0.15) is 11.6 Å². The first-order chi connectivity index (χ1) is 8.86. The van der Waals surface area contributed by atoms with Gasteiger partial charge in [0.2, 0.25) is 0 Å². The molecule has 1 aliphatic heterocycles. The molecule has 0 aromatic carbocycles. The molecular weight excluding hydrogens is 240 g/mol. The third kappa shape index (κ3) is 1.96. The van der Waals surface area contributed by atoms with E-state index in [9.17, 15) is 0 Å². The molecule has 6 nitrogen and oxygen atoms in total. The van der Waals surface area contributed by atoms with E-state index in [-0.39, 0.29) is 11.5 Å². The minimum Gasteiger partial charge on any atom is -0.353 e. The predicted octanol–water partition coefficient (Wildman–Crippen LogP) is 0.808. The zero-order valence-electron chi connectivity index (χ0n) is 11.9. The molecule has 1 saturated heterocycles. The Balaban J connectivity index is 2.18. The third-order valence-corrected chi connectivity index (χ3v) is 3.45. The Kier molecular flexibility index (Phi) is 2.53. The maximum absolute atomic E-state index is 5.87. The van der Waals surface area contributed by atoms with Crippen LogP contribution in [0.15, 0.2) is 6.20 Å². The second kappa shape index (κ2) is 3.90. The molecule has 0 saturated carbocycles. The van der Waals surface area contributed by atoms with Crippen molar-refractivity contribution in [3.63, 3.8) is 0 Å². The zero-order valence-corrected chi connectivity index (χ0v) is 11.9. The lowest BCUT2D eigenvalue weighted by Crippen LogP contribution is -2.56. The summed E-state index contributed by atoms with van der Waals surface area (Å²) in [6, 6.07) is 0.250. The summed E-state index contributed by atoms with van der Waals surface area (Å²) in [7, 11) is 1.91. The number of nitrogens with zero attached hydrogens (tertiary/aromatic N) is 5. The number of hydrogen-bond donors (Lipinski definition) is 1. The van der Waals surface area contributed by atoms with Gasteiger partial charge in [0.25, 0.3) is 0 Å². The van der Waals surface area contributed by atoms with Crippen LogP contribution in [0.1, 0.15) is 26.6 Å². The third-order valence-electron chi connectivity index (χ3n) is 3.45. The molecule has 3 heterocycles. The standard InChI is InChI=1S/C13H20N6/c1-13(2,3)12-16-10-9(5-15-18(10)4)11(17-12)19-6-8(14)7-19/h5,8H,6-7,14H2,1-4H3. The highest BCUT2D eigenvalue weighted by molar-refractivity contribution is 5.87. The quantitative estimate of drug-likeness (QED) is 0.821. The molecule has 2 aromatic rings. The van der Waals surface area contributed by atoms with Crippen molar-refractivity contribution in [2.75, 3.05) is 18.0 Å². The van der Waals surface area contributed by atoms with Crippen molar-refractivity contribution < 1.29 is 0 Å². The number of aromatic nitrogens is 4. The summed E-state index contributed by atoms with van der Waals surface area (Å²) in [5.41, 5.74) is 6.67. The van der Waals surface area contributed by atoms with E-state index in [0.717, 1.165) is 35.8 Å². The first-order valence-electron chi connectivity index (χ1n) is 6.57. The van der Waals surface area contributed by atoms with E-state index in [0.29, 0.717) is 0 Å². The van der Waals surface area contributed by atoms with E-state index in [1.54, 1.807) is 4.68 Å². The monoisotopic (exact) mass is 260 g/mol. The Morgan fingerprint density at radius 3 is 2.53 bits per heavy atom. The Morgan fingerprint density at radius 2 is 1.95 bits per heavy atom. The lowest BCUT2D eigenvalue weighted by molar-refractivity contribution is 0.506. The fourth-order valence-electron chi connectivity index (χ4n) is 2.27. The molecule has 0 amide bonds. The molecule has 102 valence electrons. The minimum atomic E-state index is -0.0831. The second-order valence-corrected chi connectivity index (χ2v) is 6.29. The van der Waals surface area contributed by atoms with Gasteiger partial charge < -0.3 is 10.6 Å². The van der Waals surface area contributed by atoms with Gasteiger partial charge in [-0.15, -0.1) is 0 Å². The number of aryl methyl sites for hydroxylation is 1. The lowest BCUT2D eigenvalue weighted by Gasteiger charge is -2.38. The summed E-state index contributed by atoms with van der Waals surface area (Å²) >= 11 is 0. The average molecular weight is 260 g/mol. The van der Waals surface area contributed by atoms with Crippen molar-refractivity contribution >= 4 is 16.9 Å². The molecule has 2 N–H and O–H groups in total. The van der Waals surface area contributed by atoms with Gasteiger partial charge in [-0.25, -0.2) is 9.97 Å². The van der Waals surface area contributed by atoms with Gasteiger partial charge in [-0.2, -0.15) is 5.10 Å². The predicted molar refractivity (Wildman–Crippen MR) is 75.2 cm³/mol. The molecule has 0 bridgehead atoms. The summed E-state index contributed by atoms with van der Waals surface area (Å²) in [5, 5.41) is 5.30. The number of hydrogen-bond acceptors (Lipinski definition) is 5. The van der Waals surface area contributed by atoms with Crippen LogP contribution >= 0.6 is 0 Å². The normalized spacial score (nSPS) is 17.0. The van der Waals surface area contributed by atoms with Crippen LogP contribution in [0.25, 0.3) is 11.0 Å². The molecular formula is C13H20N6. The van der Waals surface area contributed by atoms with Crippen molar-refractivity contribution in [2.45, 2.75) is 32.2 Å². The second-order valence-electron chi connectivity index (χ2n) is 6.29. The fraction of sp³-hybridized carbons (Fsp3) is 0.615. The smallest absolute Gasteiger partial charge is 0.163 e. The van der Waals surface area contributed by atoms with Crippen LogP contribution in [0, 0.1) is 0 Å². The molecule has 6 heteroatoms. The van der Waals surface area contributed by atoms with Gasteiger partial charge in [0.15, 0.2) is 5.65 Å². The summed E-state index contributed by atoms with van der Waals surface area (Å²) in [4.78, 5) is 11.6. The van der Waals surface area contributed by atoms with Gasteiger partial charge >= 0.3 is 0 Å². The largest absolute Gasteiger partial charge is 0.353 e. The van der Waals surface area contributed by atoms with Crippen LogP contribution in [-0.4, -0.2) is 38.9 Å². The van der Waals surface area contributed by atoms with Crippen molar-refractivity contribution in [1.82, 2.24) is 19.7 Å². The molecule has 0 aliphatic carbocycles. The lowest BCUT2D eigenvalue weighted by atomic mass is 9.95. The first-order valence-corrected chi connectivity index (χ1v) is 6.57. The van der Waals surface area contributed by atoms with Crippen LogP contribution in [0.5, 0.6) is 0 Å². The molecule has 0 radical (unpaired) electrons. The number of fused-ring (bicyclic) bond motifs is 1. The van der Waals surface area contributed by atoms with E-state index in [4.69, 9.17) is 10.7 Å². The van der Waals surface area contributed by atoms with Gasteiger partial charge in [-0.3, -0.25) is 4.68 Å². The van der Waals surface area contributed by atoms with Crippen molar-refractivity contribution in [1.29, 1.82) is 0 Å². The molecule has 0 atom stereocenters. The molecule has 0 spiro atoms. The van der Waals surface area contributed by atoms with E-state index in [1.807, 2.05) is 13.2 Å². The maximum atomic E-state index is 5.87. The van der Waals surface area contributed by atoms with Gasteiger partial charge in [0, 0.05) is 31.6 Å². The zero-order chi connectivity index (χ0) is 13.8. The average Bonchev–Trinajstić information content (AvgIpc) is 2.65. The van der Waals surface area contributed by atoms with Crippen LogP contribution in [0.4, 0.5) is 5.82 Å². The Labute approximate surface area is 112 Å². The Morgan fingerprint density at radius 1 is 1.26 bits per heavy atom. The maximum Gasteiger partial charge on any atom is 0.163 e. The van der Waals surface area contributed by atoms with Gasteiger partial charge in [-0.05, 0) is 0 Å². The highest BCUT2D eigenvalue weighted by Crippen LogP contribution is 2.29. The van der Waals surface area contributed by atoms with Gasteiger partial charge in [0.05, 0.1) is 11.6 Å². The van der Waals surface area contributed by atoms with E-state index < -0.39 is 0 Å². The van der Waals surface area contributed by atoms with E-state index in [2.05, 4.69) is 35.8 Å². The van der Waals surface area contributed by atoms with Gasteiger partial charge in [-0.1, -0.05) is 20.8 Å². The Hall–Kier alpha value is -1.69. The highest BCUT2D eigenvalue weighted by Gasteiger charge is 2.29. The van der Waals surface area contributed by atoms with Crippen LogP contribution in [-0.2, 0) is 12.5 Å². The van der Waals surface area contributed by atoms with Crippen molar-refractivity contribution in [3.05, 3.63) is 12.0 Å². The fourth-order valence-corrected chi connectivity index (χ4v) is 2.27. The minimum absolute atomic E-state index is 0.0831. The molecule has 1 fully saturated rings. The molecule has 0 unspecified atom stereocenters. The molecule has 19 heavy (non-hydrogen) atoms. The summed E-state index contributed by atoms with van der Waals surface area (Å²) < 4.78 is 1.80. The molecule has 3 rings (SSSR count). The van der Waals surface area contributed by atoms with Crippen LogP contribution in [0.2, 0.25) is 0 Å². The van der Waals surface area contributed by atoms with Crippen LogP contribution < -0.4 is 10.6 Å². The molecule has 1 aliphatic rings. The van der Waals surface area contributed by atoms with E-state index >= 15 is 0 Å². The van der Waals surface area contributed by atoms with Crippen LogP contribution in [0.3, 0.4) is 0 Å². The van der Waals surface area contributed by atoms with Crippen molar-refractivity contribution in [2.24, 2.45) is 12.8 Å². The molecule has 2 aromatic heterocycles. The van der Waals surface area contributed by atoms with Crippen molar-refractivity contribution in [3.8, 4) is 0 Å². The Bertz CT molecular complexity index is 618. The highest BCUT2D eigenvalue weighted by atomic mass is 15.3.